The second-order valence-corrected chi connectivity index (χ2v) is 6.75. The smallest absolute Gasteiger partial charge is 0.397 e. The van der Waals surface area contributed by atoms with Gasteiger partial charge in [-0.3, -0.25) is 0 Å². The molecule has 8 heteroatoms. The summed E-state index contributed by atoms with van der Waals surface area (Å²) in [4.78, 5) is 16.2. The molecule has 0 unspecified atom stereocenters. The number of aromatic nitrogens is 1. The molecule has 0 N–H and O–H groups in total. The van der Waals surface area contributed by atoms with Crippen molar-refractivity contribution in [3.05, 3.63) is 68.5 Å². The van der Waals surface area contributed by atoms with E-state index in [4.69, 9.17) is 4.42 Å². The van der Waals surface area contributed by atoms with E-state index in [1.807, 2.05) is 0 Å². The first-order valence-electron chi connectivity index (χ1n) is 6.72. The van der Waals surface area contributed by atoms with Gasteiger partial charge >= 0.3 is 11.8 Å². The molecule has 0 saturated carbocycles. The minimum atomic E-state index is -4.35. The molecule has 2 aromatic carbocycles. The molecular formula is C16H9BrF3NO2S. The van der Waals surface area contributed by atoms with Crippen molar-refractivity contribution < 1.29 is 17.6 Å². The first-order valence-corrected chi connectivity index (χ1v) is 8.50. The SMILES string of the molecule is O=c1oc(SCc2ccc(C(F)(F)F)cc2)nc2ccc(Br)cc12. The van der Waals surface area contributed by atoms with Crippen LogP contribution in [0.25, 0.3) is 10.9 Å². The van der Waals surface area contributed by atoms with E-state index in [0.29, 0.717) is 22.2 Å². The number of thioether (sulfide) groups is 1. The Morgan fingerprint density at radius 3 is 2.50 bits per heavy atom. The molecule has 0 amide bonds. The first-order chi connectivity index (χ1) is 11.3. The molecule has 3 nitrogen and oxygen atoms in total. The summed E-state index contributed by atoms with van der Waals surface area (Å²) >= 11 is 4.42. The fourth-order valence-electron chi connectivity index (χ4n) is 2.02. The molecule has 24 heavy (non-hydrogen) atoms. The molecule has 0 fully saturated rings. The molecule has 124 valence electrons. The maximum absolute atomic E-state index is 12.5. The topological polar surface area (TPSA) is 43.1 Å². The highest BCUT2D eigenvalue weighted by molar-refractivity contribution is 9.10. The maximum Gasteiger partial charge on any atom is 0.416 e. The molecule has 0 spiro atoms. The van der Waals surface area contributed by atoms with Gasteiger partial charge in [-0.25, -0.2) is 9.78 Å². The second kappa shape index (κ2) is 6.60. The lowest BCUT2D eigenvalue weighted by atomic mass is 10.1. The Kier molecular flexibility index (Phi) is 4.69. The Bertz CT molecular complexity index is 939. The third-order valence-electron chi connectivity index (χ3n) is 3.21. The summed E-state index contributed by atoms with van der Waals surface area (Å²) in [6.07, 6.45) is -4.35. The highest BCUT2D eigenvalue weighted by Gasteiger charge is 2.29. The minimum absolute atomic E-state index is 0.176. The van der Waals surface area contributed by atoms with E-state index in [1.54, 1.807) is 18.2 Å². The zero-order valence-corrected chi connectivity index (χ0v) is 14.3. The molecule has 3 aromatic rings. The van der Waals surface area contributed by atoms with Crippen molar-refractivity contribution in [3.8, 4) is 0 Å². The molecule has 0 saturated heterocycles. The molecule has 0 atom stereocenters. The summed E-state index contributed by atoms with van der Waals surface area (Å²) in [5, 5.41) is 0.540. The van der Waals surface area contributed by atoms with Crippen molar-refractivity contribution in [3.63, 3.8) is 0 Å². The predicted molar refractivity (Wildman–Crippen MR) is 89.0 cm³/mol. The molecule has 1 heterocycles. The monoisotopic (exact) mass is 415 g/mol. The normalized spacial score (nSPS) is 11.8. The average molecular weight is 416 g/mol. The number of alkyl halides is 3. The van der Waals surface area contributed by atoms with E-state index in [0.717, 1.165) is 28.4 Å². The standard InChI is InChI=1S/C16H9BrF3NO2S/c17-11-5-6-13-12(7-11)14(22)23-15(21-13)24-8-9-1-3-10(4-2-9)16(18,19)20/h1-7H,8H2. The number of fused-ring (bicyclic) bond motifs is 1. The molecule has 1 aromatic heterocycles. The number of rotatable bonds is 3. The fraction of sp³-hybridized carbons (Fsp3) is 0.125. The fourth-order valence-corrected chi connectivity index (χ4v) is 3.16. The van der Waals surface area contributed by atoms with Crippen molar-refractivity contribution in [2.45, 2.75) is 17.2 Å². The largest absolute Gasteiger partial charge is 0.416 e. The van der Waals surface area contributed by atoms with Gasteiger partial charge in [-0.2, -0.15) is 13.2 Å². The average Bonchev–Trinajstić information content (AvgIpc) is 2.53. The first kappa shape index (κ1) is 17.0. The van der Waals surface area contributed by atoms with Gasteiger partial charge in [-0.1, -0.05) is 39.8 Å². The molecule has 3 rings (SSSR count). The Morgan fingerprint density at radius 1 is 1.12 bits per heavy atom. The van der Waals surface area contributed by atoms with E-state index in [1.165, 1.54) is 12.1 Å². The summed E-state index contributed by atoms with van der Waals surface area (Å²) in [7, 11) is 0. The Morgan fingerprint density at radius 2 is 1.83 bits per heavy atom. The molecular weight excluding hydrogens is 407 g/mol. The summed E-state index contributed by atoms with van der Waals surface area (Å²) < 4.78 is 43.5. The number of nitrogens with zero attached hydrogens (tertiary/aromatic N) is 1. The van der Waals surface area contributed by atoms with Crippen LogP contribution in [0.15, 0.2) is 61.4 Å². The van der Waals surface area contributed by atoms with Crippen LogP contribution >= 0.6 is 27.7 Å². The number of hydrogen-bond donors (Lipinski definition) is 0. The van der Waals surface area contributed by atoms with Crippen LogP contribution in [0.5, 0.6) is 0 Å². The van der Waals surface area contributed by atoms with Gasteiger partial charge in [0.15, 0.2) is 0 Å². The Labute approximate surface area is 147 Å². The lowest BCUT2D eigenvalue weighted by Gasteiger charge is -2.07. The van der Waals surface area contributed by atoms with Crippen molar-refractivity contribution in [1.29, 1.82) is 0 Å². The van der Waals surface area contributed by atoms with Crippen LogP contribution in [0.2, 0.25) is 0 Å². The van der Waals surface area contributed by atoms with E-state index in [-0.39, 0.29) is 5.22 Å². The second-order valence-electron chi connectivity index (χ2n) is 4.91. The predicted octanol–water partition coefficient (Wildman–Crippen LogP) is 5.26. The lowest BCUT2D eigenvalue weighted by Crippen LogP contribution is -2.04. The molecule has 0 aliphatic rings. The van der Waals surface area contributed by atoms with Crippen LogP contribution < -0.4 is 5.63 Å². The molecule has 0 aliphatic carbocycles. The van der Waals surface area contributed by atoms with Crippen LogP contribution in [0, 0.1) is 0 Å². The van der Waals surface area contributed by atoms with Gasteiger partial charge in [-0.15, -0.1) is 0 Å². The van der Waals surface area contributed by atoms with Crippen LogP contribution in [-0.2, 0) is 11.9 Å². The van der Waals surface area contributed by atoms with Gasteiger partial charge in [0.25, 0.3) is 5.22 Å². The van der Waals surface area contributed by atoms with Gasteiger partial charge < -0.3 is 4.42 Å². The molecule has 0 bridgehead atoms. The number of benzene rings is 2. The third-order valence-corrected chi connectivity index (χ3v) is 4.61. The van der Waals surface area contributed by atoms with Crippen LogP contribution in [0.1, 0.15) is 11.1 Å². The van der Waals surface area contributed by atoms with Crippen molar-refractivity contribution in [2.24, 2.45) is 0 Å². The Hall–Kier alpha value is -1.80. The summed E-state index contributed by atoms with van der Waals surface area (Å²) in [5.41, 5.74) is -0.0221. The van der Waals surface area contributed by atoms with E-state index in [2.05, 4.69) is 20.9 Å². The van der Waals surface area contributed by atoms with Crippen molar-refractivity contribution in [2.75, 3.05) is 0 Å². The van der Waals surface area contributed by atoms with Gasteiger partial charge in [0.05, 0.1) is 16.5 Å². The van der Waals surface area contributed by atoms with Gasteiger partial charge in [0.1, 0.15) is 0 Å². The number of hydrogen-bond acceptors (Lipinski definition) is 4. The Balaban J connectivity index is 1.78. The van der Waals surface area contributed by atoms with Gasteiger partial charge in [0, 0.05) is 10.2 Å². The van der Waals surface area contributed by atoms with E-state index >= 15 is 0 Å². The quantitative estimate of drug-likeness (QED) is 0.547. The molecule has 0 radical (unpaired) electrons. The van der Waals surface area contributed by atoms with Gasteiger partial charge in [-0.05, 0) is 35.9 Å². The highest BCUT2D eigenvalue weighted by atomic mass is 79.9. The lowest BCUT2D eigenvalue weighted by molar-refractivity contribution is -0.137. The van der Waals surface area contributed by atoms with Crippen molar-refractivity contribution in [1.82, 2.24) is 4.98 Å². The van der Waals surface area contributed by atoms with Gasteiger partial charge in [0.2, 0.25) is 0 Å². The summed E-state index contributed by atoms with van der Waals surface area (Å²) in [6, 6.07) is 9.92. The van der Waals surface area contributed by atoms with Crippen molar-refractivity contribution >= 4 is 38.6 Å². The zero-order valence-electron chi connectivity index (χ0n) is 11.9. The number of halogens is 4. The zero-order chi connectivity index (χ0) is 17.3. The highest BCUT2D eigenvalue weighted by Crippen LogP contribution is 2.30. The van der Waals surface area contributed by atoms with Crippen LogP contribution in [-0.4, -0.2) is 4.98 Å². The third kappa shape index (κ3) is 3.81. The van der Waals surface area contributed by atoms with E-state index in [9.17, 15) is 18.0 Å². The maximum atomic E-state index is 12.5. The van der Waals surface area contributed by atoms with Crippen LogP contribution in [0.3, 0.4) is 0 Å². The van der Waals surface area contributed by atoms with E-state index < -0.39 is 17.4 Å². The molecule has 0 aliphatic heterocycles. The summed E-state index contributed by atoms with van der Waals surface area (Å²) in [6.45, 7) is 0. The van der Waals surface area contributed by atoms with Crippen LogP contribution in [0.4, 0.5) is 13.2 Å². The summed E-state index contributed by atoms with van der Waals surface area (Å²) in [5.74, 6) is 0.343. The minimum Gasteiger partial charge on any atom is -0.397 e.